The van der Waals surface area contributed by atoms with Crippen LogP contribution in [0.25, 0.3) is 0 Å². The highest BCUT2D eigenvalue weighted by Crippen LogP contribution is 2.22. The highest BCUT2D eigenvalue weighted by Gasteiger charge is 2.12. The van der Waals surface area contributed by atoms with Gasteiger partial charge in [-0.3, -0.25) is 0 Å². The van der Waals surface area contributed by atoms with Crippen molar-refractivity contribution >= 4 is 0 Å². The van der Waals surface area contributed by atoms with E-state index in [0.29, 0.717) is 5.70 Å². The Labute approximate surface area is 104 Å². The summed E-state index contributed by atoms with van der Waals surface area (Å²) in [5, 5.41) is 3.28. The monoisotopic (exact) mass is 230 g/mol. The van der Waals surface area contributed by atoms with Gasteiger partial charge in [0.15, 0.2) is 0 Å². The maximum Gasteiger partial charge on any atom is 0.0620 e. The number of rotatable bonds is 5. The molecule has 3 N–H and O–H groups in total. The normalized spacial score (nSPS) is 13.8. The molecule has 1 rings (SSSR count). The van der Waals surface area contributed by atoms with Crippen molar-refractivity contribution in [2.24, 2.45) is 5.73 Å². The van der Waals surface area contributed by atoms with Crippen LogP contribution >= 0.6 is 0 Å². The quantitative estimate of drug-likeness (QED) is 0.816. The smallest absolute Gasteiger partial charge is 0.0620 e. The van der Waals surface area contributed by atoms with Gasteiger partial charge >= 0.3 is 0 Å². The maximum atomic E-state index is 5.65. The molecule has 0 fully saturated rings. The second-order valence-electron chi connectivity index (χ2n) is 4.60. The molecule has 0 saturated carbocycles. The van der Waals surface area contributed by atoms with E-state index in [1.165, 1.54) is 11.1 Å². The average molecular weight is 230 g/mol. The van der Waals surface area contributed by atoms with Crippen LogP contribution in [-0.4, -0.2) is 6.04 Å². The molecule has 0 aliphatic carbocycles. The number of nitrogens with two attached hydrogens (primary N) is 1. The van der Waals surface area contributed by atoms with Gasteiger partial charge in [0.05, 0.1) is 6.04 Å². The molecule has 0 aliphatic rings. The first-order valence-electron chi connectivity index (χ1n) is 5.88. The summed E-state index contributed by atoms with van der Waals surface area (Å²) in [5.41, 5.74) is 9.77. The standard InChI is InChI=1S/C15H22N2/c1-10-7-6-8-15(9-10)11(2)13(4)17-14(5)12(3)16/h6-9,11,14,17H,3-4,16H2,1-2,5H3. The average Bonchev–Trinajstić information content (AvgIpc) is 2.27. The number of nitrogens with one attached hydrogen (secondary N) is 1. The van der Waals surface area contributed by atoms with Gasteiger partial charge in [0, 0.05) is 17.3 Å². The predicted octanol–water partition coefficient (Wildman–Crippen LogP) is 3.06. The van der Waals surface area contributed by atoms with Crippen molar-refractivity contribution in [3.05, 3.63) is 59.9 Å². The molecule has 2 atom stereocenters. The number of aryl methyl sites for hydroxylation is 1. The van der Waals surface area contributed by atoms with Crippen molar-refractivity contribution in [2.45, 2.75) is 32.7 Å². The Balaban J connectivity index is 2.73. The first-order chi connectivity index (χ1) is 7.91. The third-order valence-electron chi connectivity index (χ3n) is 3.02. The van der Waals surface area contributed by atoms with Gasteiger partial charge in [-0.15, -0.1) is 0 Å². The van der Waals surface area contributed by atoms with Gasteiger partial charge in [-0.05, 0) is 19.4 Å². The summed E-state index contributed by atoms with van der Waals surface area (Å²) in [6.45, 7) is 14.0. The molecule has 0 aromatic heterocycles. The van der Waals surface area contributed by atoms with Gasteiger partial charge in [-0.1, -0.05) is 49.9 Å². The SMILES string of the molecule is C=C(N)C(C)NC(=C)C(C)c1cccc(C)c1. The largest absolute Gasteiger partial charge is 0.401 e. The molecule has 0 spiro atoms. The maximum absolute atomic E-state index is 5.65. The molecule has 2 unspecified atom stereocenters. The molecule has 0 aliphatic heterocycles. The molecule has 2 nitrogen and oxygen atoms in total. The third-order valence-corrected chi connectivity index (χ3v) is 3.02. The van der Waals surface area contributed by atoms with Gasteiger partial charge < -0.3 is 11.1 Å². The van der Waals surface area contributed by atoms with E-state index in [0.717, 1.165) is 5.70 Å². The Hall–Kier alpha value is -1.70. The topological polar surface area (TPSA) is 38.0 Å². The minimum absolute atomic E-state index is 0.0507. The molecule has 0 heterocycles. The molecule has 1 aromatic rings. The Morgan fingerprint density at radius 1 is 1.29 bits per heavy atom. The molecule has 2 heteroatoms. The fraction of sp³-hybridized carbons (Fsp3) is 0.333. The molecule has 0 radical (unpaired) electrons. The molecular formula is C15H22N2. The summed E-state index contributed by atoms with van der Waals surface area (Å²) >= 11 is 0. The van der Waals surface area contributed by atoms with E-state index in [4.69, 9.17) is 5.73 Å². The summed E-state index contributed by atoms with van der Waals surface area (Å²) in [4.78, 5) is 0. The van der Waals surface area contributed by atoms with Crippen LogP contribution in [0.3, 0.4) is 0 Å². The highest BCUT2D eigenvalue weighted by atomic mass is 14.9. The molecule has 0 bridgehead atoms. The minimum Gasteiger partial charge on any atom is -0.401 e. The Morgan fingerprint density at radius 3 is 2.47 bits per heavy atom. The van der Waals surface area contributed by atoms with Crippen LogP contribution in [0.15, 0.2) is 48.8 Å². The van der Waals surface area contributed by atoms with E-state index in [-0.39, 0.29) is 12.0 Å². The molecule has 1 aromatic carbocycles. The van der Waals surface area contributed by atoms with Crippen molar-refractivity contribution in [3.8, 4) is 0 Å². The Kier molecular flexibility index (Phi) is 4.38. The summed E-state index contributed by atoms with van der Waals surface area (Å²) in [6.07, 6.45) is 0. The highest BCUT2D eigenvalue weighted by molar-refractivity contribution is 5.30. The second-order valence-corrected chi connectivity index (χ2v) is 4.60. The van der Waals surface area contributed by atoms with E-state index in [1.807, 2.05) is 6.92 Å². The first-order valence-corrected chi connectivity index (χ1v) is 5.88. The zero-order valence-electron chi connectivity index (χ0n) is 11.0. The number of allylic oxidation sites excluding steroid dienone is 1. The molecule has 92 valence electrons. The summed E-state index contributed by atoms with van der Waals surface area (Å²) < 4.78 is 0. The number of hydrogen-bond donors (Lipinski definition) is 2. The van der Waals surface area contributed by atoms with Crippen molar-refractivity contribution in [3.63, 3.8) is 0 Å². The third kappa shape index (κ3) is 3.66. The van der Waals surface area contributed by atoms with E-state index in [2.05, 4.69) is 56.6 Å². The van der Waals surface area contributed by atoms with E-state index in [9.17, 15) is 0 Å². The zero-order chi connectivity index (χ0) is 13.0. The molecule has 0 amide bonds. The number of hydrogen-bond acceptors (Lipinski definition) is 2. The van der Waals surface area contributed by atoms with Gasteiger partial charge in [0.2, 0.25) is 0 Å². The van der Waals surface area contributed by atoms with Crippen molar-refractivity contribution < 1.29 is 0 Å². The van der Waals surface area contributed by atoms with E-state index in [1.54, 1.807) is 0 Å². The van der Waals surface area contributed by atoms with Crippen LogP contribution in [0.4, 0.5) is 0 Å². The van der Waals surface area contributed by atoms with Crippen molar-refractivity contribution in [2.75, 3.05) is 0 Å². The lowest BCUT2D eigenvalue weighted by atomic mass is 9.96. The minimum atomic E-state index is 0.0507. The van der Waals surface area contributed by atoms with Crippen molar-refractivity contribution in [1.29, 1.82) is 0 Å². The van der Waals surface area contributed by atoms with Crippen molar-refractivity contribution in [1.82, 2.24) is 5.32 Å². The second kappa shape index (κ2) is 5.58. The molecular weight excluding hydrogens is 208 g/mol. The zero-order valence-corrected chi connectivity index (χ0v) is 11.0. The van der Waals surface area contributed by atoms with Crippen LogP contribution in [-0.2, 0) is 0 Å². The van der Waals surface area contributed by atoms with Crippen LogP contribution in [0.2, 0.25) is 0 Å². The number of benzene rings is 1. The van der Waals surface area contributed by atoms with E-state index >= 15 is 0 Å². The predicted molar refractivity (Wildman–Crippen MR) is 74.7 cm³/mol. The van der Waals surface area contributed by atoms with Crippen LogP contribution < -0.4 is 11.1 Å². The summed E-state index contributed by atoms with van der Waals surface area (Å²) in [5.74, 6) is 0.261. The molecule has 0 saturated heterocycles. The fourth-order valence-electron chi connectivity index (χ4n) is 1.64. The fourth-order valence-corrected chi connectivity index (χ4v) is 1.64. The lowest BCUT2D eigenvalue weighted by Gasteiger charge is -2.22. The van der Waals surface area contributed by atoms with Crippen LogP contribution in [0.1, 0.15) is 30.9 Å². The van der Waals surface area contributed by atoms with Gasteiger partial charge in [-0.25, -0.2) is 0 Å². The first kappa shape index (κ1) is 13.4. The Morgan fingerprint density at radius 2 is 1.94 bits per heavy atom. The van der Waals surface area contributed by atoms with Gasteiger partial charge in [0.25, 0.3) is 0 Å². The van der Waals surface area contributed by atoms with Gasteiger partial charge in [-0.2, -0.15) is 0 Å². The van der Waals surface area contributed by atoms with Crippen LogP contribution in [0.5, 0.6) is 0 Å². The summed E-state index contributed by atoms with van der Waals surface area (Å²) in [7, 11) is 0. The lowest BCUT2D eigenvalue weighted by molar-refractivity contribution is 0.642. The summed E-state index contributed by atoms with van der Waals surface area (Å²) in [6, 6.07) is 8.51. The van der Waals surface area contributed by atoms with Crippen LogP contribution in [0, 0.1) is 6.92 Å². The lowest BCUT2D eigenvalue weighted by Crippen LogP contribution is -2.31. The van der Waals surface area contributed by atoms with E-state index < -0.39 is 0 Å². The van der Waals surface area contributed by atoms with Gasteiger partial charge in [0.1, 0.15) is 0 Å². The molecule has 17 heavy (non-hydrogen) atoms. The Bertz CT molecular complexity index is 421.